The molecule has 100 valence electrons. The van der Waals surface area contributed by atoms with Gasteiger partial charge in [-0.25, -0.2) is 4.98 Å². The molecule has 0 aliphatic heterocycles. The molecule has 1 aromatic heterocycles. The largest absolute Gasteiger partial charge is 0.481 e. The molecule has 0 saturated heterocycles. The van der Waals surface area contributed by atoms with E-state index < -0.39 is 8.07 Å². The summed E-state index contributed by atoms with van der Waals surface area (Å²) in [5.74, 6) is 0.629. The van der Waals surface area contributed by atoms with Crippen molar-refractivity contribution in [1.29, 1.82) is 0 Å². The predicted octanol–water partition coefficient (Wildman–Crippen LogP) is 1.41. The molecule has 1 aromatic carbocycles. The molecule has 2 aromatic rings. The summed E-state index contributed by atoms with van der Waals surface area (Å²) in [5.41, 5.74) is 1.01. The second-order valence-electron chi connectivity index (χ2n) is 5.03. The second kappa shape index (κ2) is 5.55. The van der Waals surface area contributed by atoms with Gasteiger partial charge in [0, 0.05) is 12.3 Å². The first-order chi connectivity index (χ1) is 9.09. The molecule has 2 rings (SSSR count). The Morgan fingerprint density at radius 3 is 2.47 bits per heavy atom. The number of benzene rings is 1. The number of aliphatic hydroxyl groups excluding tert-OH is 1. The van der Waals surface area contributed by atoms with E-state index in [2.05, 4.69) is 30.2 Å². The van der Waals surface area contributed by atoms with Gasteiger partial charge in [0.2, 0.25) is 5.88 Å². The number of rotatable bonds is 4. The summed E-state index contributed by atoms with van der Waals surface area (Å²) in [6, 6.07) is 12.1. The number of pyridine rings is 1. The van der Waals surface area contributed by atoms with E-state index in [-0.39, 0.29) is 6.61 Å². The van der Waals surface area contributed by atoms with Crippen LogP contribution in [0.2, 0.25) is 13.1 Å². The van der Waals surface area contributed by atoms with Gasteiger partial charge >= 0.3 is 0 Å². The Morgan fingerprint density at radius 2 is 1.89 bits per heavy atom. The summed E-state index contributed by atoms with van der Waals surface area (Å²) in [7, 11) is -0.218. The molecular weight excluding hydrogens is 254 g/mol. The number of hydrogen-bond donors (Lipinski definition) is 1. The van der Waals surface area contributed by atoms with E-state index in [1.165, 1.54) is 10.4 Å². The van der Waals surface area contributed by atoms with Crippen LogP contribution >= 0.6 is 0 Å². The summed E-state index contributed by atoms with van der Waals surface area (Å²) in [4.78, 5) is 4.29. The first-order valence-corrected chi connectivity index (χ1v) is 9.29. The van der Waals surface area contributed by atoms with E-state index in [1.807, 2.05) is 30.5 Å². The zero-order valence-electron chi connectivity index (χ0n) is 11.6. The summed E-state index contributed by atoms with van der Waals surface area (Å²) in [5, 5.41) is 12.0. The van der Waals surface area contributed by atoms with E-state index in [9.17, 15) is 5.11 Å². The molecule has 4 heteroatoms. The Balaban J connectivity index is 2.45. The van der Waals surface area contributed by atoms with Gasteiger partial charge in [0.25, 0.3) is 0 Å². The Kier molecular flexibility index (Phi) is 4.02. The Labute approximate surface area is 114 Å². The van der Waals surface area contributed by atoms with E-state index in [0.29, 0.717) is 5.88 Å². The molecule has 0 fully saturated rings. The topological polar surface area (TPSA) is 42.4 Å². The van der Waals surface area contributed by atoms with Crippen molar-refractivity contribution < 1.29 is 9.84 Å². The van der Waals surface area contributed by atoms with Gasteiger partial charge in [-0.05, 0) is 15.9 Å². The fourth-order valence-electron chi connectivity index (χ4n) is 2.29. The Bertz CT molecular complexity index is 552. The summed E-state index contributed by atoms with van der Waals surface area (Å²) in [6.07, 6.45) is 1.89. The molecule has 0 amide bonds. The molecule has 0 unspecified atom stereocenters. The van der Waals surface area contributed by atoms with Crippen molar-refractivity contribution in [3.63, 3.8) is 0 Å². The Hall–Kier alpha value is -1.65. The number of hydrogen-bond acceptors (Lipinski definition) is 3. The lowest BCUT2D eigenvalue weighted by Gasteiger charge is -2.25. The van der Waals surface area contributed by atoms with Gasteiger partial charge in [-0.15, -0.1) is 0 Å². The van der Waals surface area contributed by atoms with Crippen LogP contribution in [0.1, 0.15) is 5.56 Å². The lowest BCUT2D eigenvalue weighted by molar-refractivity contribution is 0.283. The van der Waals surface area contributed by atoms with Crippen LogP contribution in [0, 0.1) is 0 Å². The zero-order chi connectivity index (χ0) is 13.9. The fourth-order valence-corrected chi connectivity index (χ4v) is 4.97. The highest BCUT2D eigenvalue weighted by atomic mass is 28.3. The number of aromatic nitrogens is 1. The van der Waals surface area contributed by atoms with Gasteiger partial charge in [-0.2, -0.15) is 0 Å². The van der Waals surface area contributed by atoms with Crippen LogP contribution in [-0.2, 0) is 6.61 Å². The molecule has 3 nitrogen and oxygen atoms in total. The molecular formula is C15H19NO2Si. The zero-order valence-corrected chi connectivity index (χ0v) is 12.6. The monoisotopic (exact) mass is 273 g/mol. The summed E-state index contributed by atoms with van der Waals surface area (Å²) >= 11 is 0. The van der Waals surface area contributed by atoms with Gasteiger partial charge in [-0.3, -0.25) is 0 Å². The van der Waals surface area contributed by atoms with Gasteiger partial charge in [0.15, 0.2) is 0 Å². The highest BCUT2D eigenvalue weighted by Crippen LogP contribution is 2.10. The Morgan fingerprint density at radius 1 is 1.16 bits per heavy atom. The fraction of sp³-hybridized carbons (Fsp3) is 0.267. The summed E-state index contributed by atoms with van der Waals surface area (Å²) < 4.78 is 5.10. The lowest BCUT2D eigenvalue weighted by atomic mass is 10.2. The van der Waals surface area contributed by atoms with Crippen LogP contribution in [0.4, 0.5) is 0 Å². The number of nitrogens with zero attached hydrogens (tertiary/aromatic N) is 1. The van der Waals surface area contributed by atoms with Crippen LogP contribution in [-0.4, -0.2) is 25.3 Å². The molecule has 0 bridgehead atoms. The maximum Gasteiger partial charge on any atom is 0.212 e. The average molecular weight is 273 g/mol. The van der Waals surface area contributed by atoms with Crippen molar-refractivity contribution in [2.75, 3.05) is 7.11 Å². The molecule has 0 aliphatic rings. The van der Waals surface area contributed by atoms with Crippen molar-refractivity contribution in [2.24, 2.45) is 0 Å². The SMILES string of the molecule is COc1ccc([Si](C)(C)c2ccccc2CO)cn1. The second-order valence-corrected chi connectivity index (χ2v) is 9.40. The lowest BCUT2D eigenvalue weighted by Crippen LogP contribution is -2.54. The van der Waals surface area contributed by atoms with E-state index in [0.717, 1.165) is 5.56 Å². The highest BCUT2D eigenvalue weighted by molar-refractivity contribution is 7.00. The van der Waals surface area contributed by atoms with E-state index in [1.54, 1.807) is 7.11 Å². The minimum Gasteiger partial charge on any atom is -0.481 e. The van der Waals surface area contributed by atoms with Crippen molar-refractivity contribution >= 4 is 18.4 Å². The molecule has 1 heterocycles. The maximum absolute atomic E-state index is 9.50. The predicted molar refractivity (Wildman–Crippen MR) is 79.9 cm³/mol. The molecule has 0 saturated carbocycles. The first-order valence-electron chi connectivity index (χ1n) is 6.29. The van der Waals surface area contributed by atoms with Crippen molar-refractivity contribution in [1.82, 2.24) is 4.98 Å². The highest BCUT2D eigenvalue weighted by Gasteiger charge is 2.28. The molecule has 0 spiro atoms. The minimum atomic E-state index is -1.83. The quantitative estimate of drug-likeness (QED) is 0.856. The molecule has 0 aliphatic carbocycles. The maximum atomic E-state index is 9.50. The third-order valence-electron chi connectivity index (χ3n) is 3.53. The molecule has 0 radical (unpaired) electrons. The number of ether oxygens (including phenoxy) is 1. The first kappa shape index (κ1) is 13.8. The van der Waals surface area contributed by atoms with Gasteiger partial charge in [-0.1, -0.05) is 43.4 Å². The minimum absolute atomic E-state index is 0.0796. The van der Waals surface area contributed by atoms with Gasteiger partial charge < -0.3 is 9.84 Å². The average Bonchev–Trinajstić information content (AvgIpc) is 2.47. The number of aliphatic hydroxyl groups is 1. The van der Waals surface area contributed by atoms with Crippen LogP contribution in [0.25, 0.3) is 0 Å². The smallest absolute Gasteiger partial charge is 0.212 e. The van der Waals surface area contributed by atoms with E-state index in [4.69, 9.17) is 4.74 Å². The molecule has 0 atom stereocenters. The van der Waals surface area contributed by atoms with Crippen LogP contribution in [0.15, 0.2) is 42.6 Å². The van der Waals surface area contributed by atoms with E-state index >= 15 is 0 Å². The van der Waals surface area contributed by atoms with Crippen LogP contribution < -0.4 is 15.1 Å². The summed E-state index contributed by atoms with van der Waals surface area (Å²) in [6.45, 7) is 4.62. The van der Waals surface area contributed by atoms with Gasteiger partial charge in [0.1, 0.15) is 8.07 Å². The third-order valence-corrected chi connectivity index (χ3v) is 7.10. The molecule has 19 heavy (non-hydrogen) atoms. The van der Waals surface area contributed by atoms with Crippen molar-refractivity contribution in [3.8, 4) is 5.88 Å². The third kappa shape index (κ3) is 2.69. The normalized spacial score (nSPS) is 11.4. The van der Waals surface area contributed by atoms with Crippen molar-refractivity contribution in [2.45, 2.75) is 19.7 Å². The van der Waals surface area contributed by atoms with Gasteiger partial charge in [0.05, 0.1) is 13.7 Å². The molecule has 1 N–H and O–H groups in total. The van der Waals surface area contributed by atoms with Crippen LogP contribution in [0.5, 0.6) is 5.88 Å². The number of methoxy groups -OCH3 is 1. The van der Waals surface area contributed by atoms with Crippen LogP contribution in [0.3, 0.4) is 0 Å². The standard InChI is InChI=1S/C15H19NO2Si/c1-18-15-9-8-13(10-16-15)19(2,3)14-7-5-4-6-12(14)11-17/h4-10,17H,11H2,1-3H3. The van der Waals surface area contributed by atoms with Crippen molar-refractivity contribution in [3.05, 3.63) is 48.2 Å².